The number of halogens is 1. The maximum absolute atomic E-state index is 12.4. The number of hydrogen-bond acceptors (Lipinski definition) is 4. The molecule has 2 N–H and O–H groups in total. The molecule has 0 aromatic carbocycles. The first-order chi connectivity index (χ1) is 8.86. The van der Waals surface area contributed by atoms with Crippen molar-refractivity contribution >= 4 is 26.0 Å². The monoisotopic (exact) mass is 351 g/mol. The van der Waals surface area contributed by atoms with Crippen LogP contribution in [0.5, 0.6) is 0 Å². The minimum atomic E-state index is -3.64. The third-order valence-electron chi connectivity index (χ3n) is 3.49. The first kappa shape index (κ1) is 15.0. The van der Waals surface area contributed by atoms with Crippen molar-refractivity contribution in [3.63, 3.8) is 0 Å². The molecule has 0 spiro atoms. The molecule has 1 heterocycles. The first-order valence-corrected chi connectivity index (χ1v) is 8.57. The van der Waals surface area contributed by atoms with Crippen LogP contribution in [0.3, 0.4) is 0 Å². The van der Waals surface area contributed by atoms with Crippen molar-refractivity contribution in [3.05, 3.63) is 16.5 Å². The molecule has 108 valence electrons. The van der Waals surface area contributed by atoms with Crippen LogP contribution >= 0.6 is 15.9 Å². The Bertz CT molecular complexity index is 546. The van der Waals surface area contributed by atoms with Gasteiger partial charge in [-0.05, 0) is 35.7 Å². The standard InChI is InChI=1S/C12H18BrNO4S/c1-12(5-3-2-4-6-12)14-19(16,17)10-7-9(8-15)18-11(10)13/h7,14-15H,2-6,8H2,1H3. The highest BCUT2D eigenvalue weighted by molar-refractivity contribution is 9.10. The highest BCUT2D eigenvalue weighted by atomic mass is 79.9. The van der Waals surface area contributed by atoms with Gasteiger partial charge in [0.15, 0.2) is 4.67 Å². The molecule has 1 aliphatic carbocycles. The summed E-state index contributed by atoms with van der Waals surface area (Å²) in [5, 5.41) is 8.98. The molecule has 0 amide bonds. The van der Waals surface area contributed by atoms with E-state index in [9.17, 15) is 8.42 Å². The largest absolute Gasteiger partial charge is 0.450 e. The molecule has 1 aromatic rings. The summed E-state index contributed by atoms with van der Waals surface area (Å²) in [6, 6.07) is 1.35. The highest BCUT2D eigenvalue weighted by Gasteiger charge is 2.34. The molecule has 1 aliphatic rings. The third kappa shape index (κ3) is 3.39. The molecular formula is C12H18BrNO4S. The maximum atomic E-state index is 12.4. The van der Waals surface area contributed by atoms with Crippen LogP contribution in [0.4, 0.5) is 0 Å². The molecule has 1 aromatic heterocycles. The van der Waals surface area contributed by atoms with Crippen LogP contribution in [0, 0.1) is 0 Å². The molecule has 5 nitrogen and oxygen atoms in total. The van der Waals surface area contributed by atoms with Gasteiger partial charge >= 0.3 is 0 Å². The van der Waals surface area contributed by atoms with Gasteiger partial charge in [-0.1, -0.05) is 19.3 Å². The van der Waals surface area contributed by atoms with Gasteiger partial charge < -0.3 is 9.52 Å². The molecule has 7 heteroatoms. The summed E-state index contributed by atoms with van der Waals surface area (Å²) >= 11 is 3.08. The lowest BCUT2D eigenvalue weighted by atomic mass is 9.84. The highest BCUT2D eigenvalue weighted by Crippen LogP contribution is 2.32. The van der Waals surface area contributed by atoms with Crippen molar-refractivity contribution in [1.82, 2.24) is 4.72 Å². The molecule has 0 saturated heterocycles. The summed E-state index contributed by atoms with van der Waals surface area (Å²) in [6.07, 6.45) is 4.91. The number of sulfonamides is 1. The van der Waals surface area contributed by atoms with Crippen molar-refractivity contribution in [1.29, 1.82) is 0 Å². The minimum Gasteiger partial charge on any atom is -0.450 e. The summed E-state index contributed by atoms with van der Waals surface area (Å²) in [7, 11) is -3.64. The van der Waals surface area contributed by atoms with Crippen LogP contribution in [0.1, 0.15) is 44.8 Å². The summed E-state index contributed by atoms with van der Waals surface area (Å²) < 4.78 is 32.8. The zero-order valence-electron chi connectivity index (χ0n) is 10.8. The van der Waals surface area contributed by atoms with E-state index in [4.69, 9.17) is 9.52 Å². The zero-order valence-corrected chi connectivity index (χ0v) is 13.2. The molecule has 0 aliphatic heterocycles. The molecule has 0 radical (unpaired) electrons. The van der Waals surface area contributed by atoms with Crippen LogP contribution < -0.4 is 4.72 Å². The van der Waals surface area contributed by atoms with Crippen molar-refractivity contribution < 1.29 is 17.9 Å². The van der Waals surface area contributed by atoms with Crippen LogP contribution in [0.2, 0.25) is 0 Å². The summed E-state index contributed by atoms with van der Waals surface area (Å²) in [5.41, 5.74) is -0.396. The number of furan rings is 1. The van der Waals surface area contributed by atoms with Crippen LogP contribution in [-0.4, -0.2) is 19.1 Å². The van der Waals surface area contributed by atoms with E-state index in [1.165, 1.54) is 6.07 Å². The van der Waals surface area contributed by atoms with Crippen molar-refractivity contribution in [2.75, 3.05) is 0 Å². The van der Waals surface area contributed by atoms with Gasteiger partial charge in [-0.3, -0.25) is 0 Å². The predicted molar refractivity (Wildman–Crippen MR) is 74.1 cm³/mol. The van der Waals surface area contributed by atoms with E-state index in [0.717, 1.165) is 32.1 Å². The van der Waals surface area contributed by atoms with Gasteiger partial charge in [-0.15, -0.1) is 0 Å². The Kier molecular flexibility index (Phi) is 4.39. The molecule has 1 fully saturated rings. The fourth-order valence-corrected chi connectivity index (χ4v) is 4.94. The number of aliphatic hydroxyl groups excluding tert-OH is 1. The smallest absolute Gasteiger partial charge is 0.245 e. The Balaban J connectivity index is 2.24. The number of nitrogens with one attached hydrogen (secondary N) is 1. The van der Waals surface area contributed by atoms with E-state index in [2.05, 4.69) is 20.7 Å². The Morgan fingerprint density at radius 2 is 2.05 bits per heavy atom. The average Bonchev–Trinajstić information content (AvgIpc) is 2.71. The van der Waals surface area contributed by atoms with Gasteiger partial charge in [0.25, 0.3) is 0 Å². The zero-order chi connectivity index (χ0) is 14.1. The van der Waals surface area contributed by atoms with Crippen molar-refractivity contribution in [2.24, 2.45) is 0 Å². The quantitative estimate of drug-likeness (QED) is 0.873. The van der Waals surface area contributed by atoms with E-state index in [1.807, 2.05) is 6.92 Å². The number of rotatable bonds is 4. The Morgan fingerprint density at radius 3 is 2.58 bits per heavy atom. The molecule has 0 bridgehead atoms. The fourth-order valence-electron chi connectivity index (χ4n) is 2.47. The molecule has 2 rings (SSSR count). The summed E-state index contributed by atoms with van der Waals surface area (Å²) in [5.74, 6) is 0.223. The average molecular weight is 352 g/mol. The van der Waals surface area contributed by atoms with E-state index in [0.29, 0.717) is 0 Å². The van der Waals surface area contributed by atoms with E-state index in [1.54, 1.807) is 0 Å². The molecule has 0 unspecified atom stereocenters. The second kappa shape index (κ2) is 5.55. The molecule has 0 atom stereocenters. The summed E-state index contributed by atoms with van der Waals surface area (Å²) in [6.45, 7) is 1.61. The maximum Gasteiger partial charge on any atom is 0.245 e. The van der Waals surface area contributed by atoms with Gasteiger partial charge in [0, 0.05) is 11.6 Å². The number of aliphatic hydroxyl groups is 1. The lowest BCUT2D eigenvalue weighted by Gasteiger charge is -2.33. The minimum absolute atomic E-state index is 0.0448. The van der Waals surface area contributed by atoms with Crippen LogP contribution in [0.15, 0.2) is 20.0 Å². The van der Waals surface area contributed by atoms with Crippen LogP contribution in [-0.2, 0) is 16.6 Å². The normalized spacial score (nSPS) is 19.5. The number of hydrogen-bond donors (Lipinski definition) is 2. The van der Waals surface area contributed by atoms with Gasteiger partial charge in [0.05, 0.1) is 0 Å². The first-order valence-electron chi connectivity index (χ1n) is 6.29. The van der Waals surface area contributed by atoms with Gasteiger partial charge in [0.2, 0.25) is 10.0 Å². The summed E-state index contributed by atoms with van der Waals surface area (Å²) in [4.78, 5) is 0.0448. The van der Waals surface area contributed by atoms with E-state index >= 15 is 0 Å². The van der Waals surface area contributed by atoms with Gasteiger partial charge in [0.1, 0.15) is 17.3 Å². The second-order valence-electron chi connectivity index (χ2n) is 5.24. The van der Waals surface area contributed by atoms with Crippen molar-refractivity contribution in [2.45, 2.75) is 56.1 Å². The molecule has 19 heavy (non-hydrogen) atoms. The van der Waals surface area contributed by atoms with E-state index in [-0.39, 0.29) is 21.9 Å². The molecular weight excluding hydrogens is 334 g/mol. The Hall–Kier alpha value is -0.370. The topological polar surface area (TPSA) is 79.5 Å². The van der Waals surface area contributed by atoms with Crippen molar-refractivity contribution in [3.8, 4) is 0 Å². The third-order valence-corrected chi connectivity index (χ3v) is 5.99. The SMILES string of the molecule is CC1(NS(=O)(=O)c2cc(CO)oc2Br)CCCCC1. The Morgan fingerprint density at radius 1 is 1.42 bits per heavy atom. The predicted octanol–water partition coefficient (Wildman–Crippen LogP) is 2.54. The van der Waals surface area contributed by atoms with E-state index < -0.39 is 15.6 Å². The van der Waals surface area contributed by atoms with Gasteiger partial charge in [-0.2, -0.15) is 0 Å². The lowest BCUT2D eigenvalue weighted by Crippen LogP contribution is -2.47. The fraction of sp³-hybridized carbons (Fsp3) is 0.667. The Labute approximate surface area is 121 Å². The van der Waals surface area contributed by atoms with Gasteiger partial charge in [-0.25, -0.2) is 13.1 Å². The van der Waals surface area contributed by atoms with Crippen LogP contribution in [0.25, 0.3) is 0 Å². The second-order valence-corrected chi connectivity index (χ2v) is 7.61. The molecule has 1 saturated carbocycles. The lowest BCUT2D eigenvalue weighted by molar-refractivity contribution is 0.245.